The van der Waals surface area contributed by atoms with Gasteiger partial charge in [-0.2, -0.15) is 0 Å². The number of ketones is 1. The third kappa shape index (κ3) is 2.78. The Labute approximate surface area is 210 Å². The molecule has 9 atom stereocenters. The smallest absolute Gasteiger partial charge is 0.310 e. The number of allylic oxidation sites excluding steroid dienone is 2. The average molecular weight is 487 g/mol. The highest BCUT2D eigenvalue weighted by atomic mass is 16.5. The molecule has 0 bridgehead atoms. The van der Waals surface area contributed by atoms with Gasteiger partial charge in [-0.1, -0.05) is 60.1 Å². The summed E-state index contributed by atoms with van der Waals surface area (Å²) in [5.74, 6) is -1.99. The largest absolute Gasteiger partial charge is 0.481 e. The lowest BCUT2D eigenvalue weighted by molar-refractivity contribution is -0.327. The molecule has 196 valence electrons. The minimum absolute atomic E-state index is 0.0125. The van der Waals surface area contributed by atoms with E-state index in [4.69, 9.17) is 0 Å². The van der Waals surface area contributed by atoms with Crippen molar-refractivity contribution in [2.24, 2.45) is 56.7 Å². The van der Waals surface area contributed by atoms with Crippen LogP contribution in [-0.4, -0.2) is 32.9 Å². The number of fused-ring (bicyclic) bond motifs is 7. The van der Waals surface area contributed by atoms with Crippen molar-refractivity contribution in [1.29, 1.82) is 0 Å². The van der Waals surface area contributed by atoms with Gasteiger partial charge in [0.25, 0.3) is 0 Å². The van der Waals surface area contributed by atoms with Crippen LogP contribution in [0, 0.1) is 56.7 Å². The number of hydrogen-bond acceptors (Lipinski definition) is 4. The molecule has 4 saturated carbocycles. The monoisotopic (exact) mass is 486 g/mol. The Balaban J connectivity index is 1.67. The molecule has 5 aliphatic rings. The molecule has 5 rings (SSSR count). The molecule has 0 unspecified atom stereocenters. The predicted octanol–water partition coefficient (Wildman–Crippen LogP) is 5.59. The summed E-state index contributed by atoms with van der Waals surface area (Å²) in [6, 6.07) is 0. The fourth-order valence-electron chi connectivity index (χ4n) is 10.6. The molecule has 0 heterocycles. The topological polar surface area (TPSA) is 94.8 Å². The van der Waals surface area contributed by atoms with Crippen LogP contribution < -0.4 is 0 Å². The van der Waals surface area contributed by atoms with Crippen molar-refractivity contribution < 1.29 is 24.9 Å². The number of hydrogen-bond donors (Lipinski definition) is 3. The minimum atomic E-state index is -2.04. The molecule has 35 heavy (non-hydrogen) atoms. The Hall–Kier alpha value is -1.20. The molecule has 0 spiro atoms. The Bertz CT molecular complexity index is 995. The second kappa shape index (κ2) is 7.22. The first-order chi connectivity index (χ1) is 16.0. The van der Waals surface area contributed by atoms with Gasteiger partial charge in [0.05, 0.1) is 11.8 Å². The summed E-state index contributed by atoms with van der Waals surface area (Å²) in [5.41, 5.74) is -1.14. The first-order valence-electron chi connectivity index (χ1n) is 13.9. The van der Waals surface area contributed by atoms with Crippen LogP contribution in [0.4, 0.5) is 0 Å². The van der Waals surface area contributed by atoms with Gasteiger partial charge in [-0.25, -0.2) is 0 Å². The molecule has 0 radical (unpaired) electrons. The van der Waals surface area contributed by atoms with Crippen molar-refractivity contribution in [3.05, 3.63) is 11.6 Å². The van der Waals surface area contributed by atoms with Crippen LogP contribution in [0.25, 0.3) is 0 Å². The van der Waals surface area contributed by atoms with Crippen LogP contribution in [0.1, 0.15) is 99.8 Å². The van der Waals surface area contributed by atoms with Gasteiger partial charge in [-0.05, 0) is 85.4 Å². The Morgan fingerprint density at radius 1 is 0.943 bits per heavy atom. The van der Waals surface area contributed by atoms with E-state index in [9.17, 15) is 24.9 Å². The number of rotatable bonds is 1. The lowest BCUT2D eigenvalue weighted by atomic mass is 9.32. The van der Waals surface area contributed by atoms with Crippen LogP contribution in [0.3, 0.4) is 0 Å². The number of Topliss-reactive ketones (excluding diaryl/α,β-unsaturated/α-hetero) is 1. The quantitative estimate of drug-likeness (QED) is 0.332. The molecule has 0 saturated heterocycles. The van der Waals surface area contributed by atoms with Crippen LogP contribution in [0.5, 0.6) is 0 Å². The Kier molecular flexibility index (Phi) is 5.25. The summed E-state index contributed by atoms with van der Waals surface area (Å²) >= 11 is 0. The van der Waals surface area contributed by atoms with Crippen molar-refractivity contribution in [3.63, 3.8) is 0 Å². The SMILES string of the molecule is C[C@@H]1[C@H](C)CC[C@]2(C(=O)O)CC[C@]3(C)C(=CC[C@@H]4[C@]5(C)[C@@H](CC[C@]43C)C(C)(C)C(=O)CC5(O)O)[C@H]12. The zero-order valence-corrected chi connectivity index (χ0v) is 22.8. The summed E-state index contributed by atoms with van der Waals surface area (Å²) in [4.78, 5) is 25.8. The van der Waals surface area contributed by atoms with Crippen molar-refractivity contribution in [1.82, 2.24) is 0 Å². The number of carboxylic acid groups (broad SMARTS) is 1. The predicted molar refractivity (Wildman–Crippen MR) is 134 cm³/mol. The summed E-state index contributed by atoms with van der Waals surface area (Å²) in [5, 5.41) is 33.5. The van der Waals surface area contributed by atoms with Gasteiger partial charge in [0, 0.05) is 10.8 Å². The number of carbonyl (C=O) groups is 2. The van der Waals surface area contributed by atoms with E-state index >= 15 is 0 Å². The number of aliphatic hydroxyl groups is 2. The maximum absolute atomic E-state index is 13.0. The first-order valence-corrected chi connectivity index (χ1v) is 13.9. The standard InChI is InChI=1S/C30H46O5/c1-17-10-13-29(24(32)33)15-14-26(5)19(23(29)18(17)2)8-9-21-27(26,6)12-11-20-25(3,4)22(31)16-30(34,35)28(20,21)7/h8,17-18,20-21,23,34-35H,9-16H2,1-7H3,(H,32,33)/t17-,18-,20+,21+,23+,26-,27-,28+,29+/m1/s1. The van der Waals surface area contributed by atoms with Crippen LogP contribution in [0.15, 0.2) is 11.6 Å². The lowest BCUT2D eigenvalue weighted by Crippen LogP contribution is -2.71. The van der Waals surface area contributed by atoms with E-state index in [0.29, 0.717) is 18.3 Å². The molecule has 0 aliphatic heterocycles. The molecule has 5 heteroatoms. The summed E-state index contributed by atoms with van der Waals surface area (Å²) in [6.07, 6.45) is 7.77. The summed E-state index contributed by atoms with van der Waals surface area (Å²) in [7, 11) is 0. The molecular formula is C30H46O5. The Morgan fingerprint density at radius 2 is 1.60 bits per heavy atom. The maximum atomic E-state index is 13.0. The third-order valence-electron chi connectivity index (χ3n) is 13.4. The second-order valence-corrected chi connectivity index (χ2v) is 14.5. The third-order valence-corrected chi connectivity index (χ3v) is 13.4. The van der Waals surface area contributed by atoms with E-state index < -0.39 is 28.0 Å². The van der Waals surface area contributed by atoms with Gasteiger partial charge < -0.3 is 15.3 Å². The fraction of sp³-hybridized carbons (Fsp3) is 0.867. The zero-order valence-electron chi connectivity index (χ0n) is 22.8. The van der Waals surface area contributed by atoms with Gasteiger partial charge in [-0.3, -0.25) is 9.59 Å². The maximum Gasteiger partial charge on any atom is 0.310 e. The lowest BCUT2D eigenvalue weighted by Gasteiger charge is -2.72. The minimum Gasteiger partial charge on any atom is -0.481 e. The molecular weight excluding hydrogens is 440 g/mol. The average Bonchev–Trinajstić information content (AvgIpc) is 2.75. The first kappa shape index (κ1) is 25.4. The molecule has 3 N–H and O–H groups in total. The van der Waals surface area contributed by atoms with Crippen molar-refractivity contribution in [2.45, 2.75) is 106 Å². The van der Waals surface area contributed by atoms with Crippen molar-refractivity contribution >= 4 is 11.8 Å². The van der Waals surface area contributed by atoms with Crippen molar-refractivity contribution in [3.8, 4) is 0 Å². The molecule has 5 nitrogen and oxygen atoms in total. The van der Waals surface area contributed by atoms with E-state index in [-0.39, 0.29) is 40.8 Å². The molecule has 0 aromatic rings. The number of carboxylic acids is 1. The Morgan fingerprint density at radius 3 is 2.23 bits per heavy atom. The molecule has 0 aromatic carbocycles. The van der Waals surface area contributed by atoms with E-state index in [0.717, 1.165) is 38.5 Å². The van der Waals surface area contributed by atoms with E-state index in [1.807, 2.05) is 20.8 Å². The van der Waals surface area contributed by atoms with E-state index in [2.05, 4.69) is 33.8 Å². The highest BCUT2D eigenvalue weighted by Gasteiger charge is 2.74. The van der Waals surface area contributed by atoms with Crippen LogP contribution in [0.2, 0.25) is 0 Å². The highest BCUT2D eigenvalue weighted by Crippen LogP contribution is 2.76. The second-order valence-electron chi connectivity index (χ2n) is 14.5. The van der Waals surface area contributed by atoms with Crippen molar-refractivity contribution in [2.75, 3.05) is 0 Å². The van der Waals surface area contributed by atoms with E-state index in [1.165, 1.54) is 5.57 Å². The van der Waals surface area contributed by atoms with Crippen LogP contribution in [-0.2, 0) is 9.59 Å². The summed E-state index contributed by atoms with van der Waals surface area (Å²) < 4.78 is 0. The fourth-order valence-corrected chi connectivity index (χ4v) is 10.6. The van der Waals surface area contributed by atoms with Gasteiger partial charge in [0.2, 0.25) is 0 Å². The van der Waals surface area contributed by atoms with Gasteiger partial charge in [-0.15, -0.1) is 0 Å². The highest BCUT2D eigenvalue weighted by molar-refractivity contribution is 5.86. The molecule has 5 aliphatic carbocycles. The molecule has 0 amide bonds. The molecule has 0 aromatic heterocycles. The zero-order chi connectivity index (χ0) is 26.0. The number of aliphatic carboxylic acids is 1. The van der Waals surface area contributed by atoms with E-state index in [1.54, 1.807) is 0 Å². The van der Waals surface area contributed by atoms with Gasteiger partial charge >= 0.3 is 5.97 Å². The summed E-state index contributed by atoms with van der Waals surface area (Å²) in [6.45, 7) is 15.2. The van der Waals surface area contributed by atoms with Crippen LogP contribution >= 0.6 is 0 Å². The van der Waals surface area contributed by atoms with Gasteiger partial charge in [0.15, 0.2) is 5.79 Å². The van der Waals surface area contributed by atoms with Gasteiger partial charge in [0.1, 0.15) is 5.78 Å². The number of carbonyl (C=O) groups excluding carboxylic acids is 1. The normalized spacial score (nSPS) is 52.3. The molecule has 4 fully saturated rings.